The van der Waals surface area contributed by atoms with Gasteiger partial charge in [-0.3, -0.25) is 0 Å². The quantitative estimate of drug-likeness (QED) is 0.769. The third kappa shape index (κ3) is 2.17. The summed E-state index contributed by atoms with van der Waals surface area (Å²) in [7, 11) is 0. The summed E-state index contributed by atoms with van der Waals surface area (Å²) in [6.07, 6.45) is 0. The van der Waals surface area contributed by atoms with Crippen molar-refractivity contribution < 1.29 is 4.74 Å². The third-order valence-electron chi connectivity index (χ3n) is 2.00. The van der Waals surface area contributed by atoms with E-state index < -0.39 is 0 Å². The van der Waals surface area contributed by atoms with Crippen molar-refractivity contribution in [1.82, 2.24) is 14.8 Å². The van der Waals surface area contributed by atoms with Crippen LogP contribution in [0.2, 0.25) is 5.15 Å². The topological polar surface area (TPSA) is 39.9 Å². The fourth-order valence-corrected chi connectivity index (χ4v) is 1.49. The zero-order chi connectivity index (χ0) is 11.5. The molecule has 0 unspecified atom stereocenters. The van der Waals surface area contributed by atoms with Gasteiger partial charge in [0, 0.05) is 17.8 Å². The van der Waals surface area contributed by atoms with Gasteiger partial charge in [-0.1, -0.05) is 11.6 Å². The molecular formula is C11H11ClN3O. The summed E-state index contributed by atoms with van der Waals surface area (Å²) in [5, 5.41) is 4.67. The average Bonchev–Trinajstić information content (AvgIpc) is 2.60. The average molecular weight is 237 g/mol. The predicted octanol–water partition coefficient (Wildman–Crippen LogP) is 2.43. The number of rotatable bonds is 3. The Labute approximate surface area is 98.8 Å². The highest BCUT2D eigenvalue weighted by atomic mass is 35.5. The Bertz CT molecular complexity index is 496. The molecule has 0 aliphatic heterocycles. The van der Waals surface area contributed by atoms with Crippen LogP contribution >= 0.6 is 11.6 Å². The summed E-state index contributed by atoms with van der Waals surface area (Å²) in [6.45, 7) is 4.42. The van der Waals surface area contributed by atoms with E-state index in [4.69, 9.17) is 16.3 Å². The van der Waals surface area contributed by atoms with Crippen molar-refractivity contribution in [2.75, 3.05) is 6.61 Å². The molecule has 1 radical (unpaired) electrons. The third-order valence-corrected chi connectivity index (χ3v) is 2.21. The molecule has 16 heavy (non-hydrogen) atoms. The van der Waals surface area contributed by atoms with Crippen LogP contribution in [0.5, 0.6) is 5.88 Å². The van der Waals surface area contributed by atoms with Gasteiger partial charge < -0.3 is 4.74 Å². The van der Waals surface area contributed by atoms with Crippen LogP contribution in [0.3, 0.4) is 0 Å². The number of hydrogen-bond donors (Lipinski definition) is 0. The molecule has 2 aromatic heterocycles. The Balaban J connectivity index is 2.40. The fraction of sp³-hybridized carbons (Fsp3) is 0.273. The van der Waals surface area contributed by atoms with Gasteiger partial charge in [0.1, 0.15) is 5.15 Å². The number of aromatic nitrogens is 3. The molecule has 0 amide bonds. The molecule has 2 rings (SSSR count). The van der Waals surface area contributed by atoms with E-state index in [1.165, 1.54) is 0 Å². The van der Waals surface area contributed by atoms with Crippen LogP contribution in [0, 0.1) is 13.0 Å². The zero-order valence-electron chi connectivity index (χ0n) is 9.07. The van der Waals surface area contributed by atoms with Gasteiger partial charge in [-0.25, -0.2) is 9.67 Å². The standard InChI is InChI=1S/C11H11ClN3O/c1-3-16-11-7-8(2)15(14-11)10-6-4-5-9(12)13-10/h4-5,7H,3H2,1-2H3. The van der Waals surface area contributed by atoms with Gasteiger partial charge in [0.25, 0.3) is 0 Å². The van der Waals surface area contributed by atoms with Crippen molar-refractivity contribution in [3.63, 3.8) is 0 Å². The molecule has 2 aromatic rings. The molecule has 0 aromatic carbocycles. The van der Waals surface area contributed by atoms with Gasteiger partial charge in [0.05, 0.1) is 6.61 Å². The molecule has 2 heterocycles. The van der Waals surface area contributed by atoms with Crippen molar-refractivity contribution in [3.05, 3.63) is 35.1 Å². The second-order valence-electron chi connectivity index (χ2n) is 3.20. The van der Waals surface area contributed by atoms with E-state index in [1.54, 1.807) is 16.8 Å². The van der Waals surface area contributed by atoms with Crippen LogP contribution in [0.4, 0.5) is 0 Å². The minimum atomic E-state index is 0.418. The Morgan fingerprint density at radius 1 is 1.56 bits per heavy atom. The fourth-order valence-electron chi connectivity index (χ4n) is 1.34. The van der Waals surface area contributed by atoms with Crippen molar-refractivity contribution in [3.8, 4) is 11.7 Å². The van der Waals surface area contributed by atoms with Crippen molar-refractivity contribution in [1.29, 1.82) is 0 Å². The maximum absolute atomic E-state index is 5.81. The smallest absolute Gasteiger partial charge is 0.233 e. The second kappa shape index (κ2) is 4.53. The highest BCUT2D eigenvalue weighted by molar-refractivity contribution is 6.29. The van der Waals surface area contributed by atoms with Crippen molar-refractivity contribution in [2.45, 2.75) is 13.8 Å². The summed E-state index contributed by atoms with van der Waals surface area (Å²) < 4.78 is 6.96. The van der Waals surface area contributed by atoms with Crippen LogP contribution in [-0.2, 0) is 0 Å². The molecule has 0 saturated heterocycles. The highest BCUT2D eigenvalue weighted by Gasteiger charge is 2.08. The number of hydrogen-bond acceptors (Lipinski definition) is 3. The van der Waals surface area contributed by atoms with Crippen molar-refractivity contribution >= 4 is 11.6 Å². The first-order chi connectivity index (χ1) is 7.70. The molecule has 5 heteroatoms. The molecule has 83 valence electrons. The van der Waals surface area contributed by atoms with Crippen LogP contribution in [-0.4, -0.2) is 21.4 Å². The lowest BCUT2D eigenvalue weighted by molar-refractivity contribution is 0.324. The molecule has 0 saturated carbocycles. The van der Waals surface area contributed by atoms with E-state index in [2.05, 4.69) is 16.1 Å². The minimum absolute atomic E-state index is 0.418. The molecule has 0 atom stereocenters. The van der Waals surface area contributed by atoms with Crippen LogP contribution in [0.15, 0.2) is 18.2 Å². The summed E-state index contributed by atoms with van der Waals surface area (Å²) in [4.78, 5) is 4.13. The lowest BCUT2D eigenvalue weighted by Crippen LogP contribution is -2.02. The molecule has 0 aliphatic carbocycles. The number of pyridine rings is 1. The molecule has 0 bridgehead atoms. The van der Waals surface area contributed by atoms with E-state index >= 15 is 0 Å². The molecule has 0 N–H and O–H groups in total. The normalized spacial score (nSPS) is 10.4. The number of nitrogens with zero attached hydrogens (tertiary/aromatic N) is 3. The first-order valence-corrected chi connectivity index (χ1v) is 5.32. The van der Waals surface area contributed by atoms with Gasteiger partial charge in [-0.15, -0.1) is 5.10 Å². The van der Waals surface area contributed by atoms with E-state index in [9.17, 15) is 0 Å². The Morgan fingerprint density at radius 2 is 2.38 bits per heavy atom. The lowest BCUT2D eigenvalue weighted by atomic mass is 10.4. The van der Waals surface area contributed by atoms with Gasteiger partial charge in [0.15, 0.2) is 5.82 Å². The monoisotopic (exact) mass is 236 g/mol. The van der Waals surface area contributed by atoms with E-state index in [0.717, 1.165) is 5.69 Å². The van der Waals surface area contributed by atoms with Crippen molar-refractivity contribution in [2.24, 2.45) is 0 Å². The molecule has 0 spiro atoms. The van der Waals surface area contributed by atoms with Crippen LogP contribution < -0.4 is 4.74 Å². The minimum Gasteiger partial charge on any atom is -0.477 e. The van der Waals surface area contributed by atoms with E-state index in [0.29, 0.717) is 23.5 Å². The van der Waals surface area contributed by atoms with Gasteiger partial charge >= 0.3 is 0 Å². The second-order valence-corrected chi connectivity index (χ2v) is 3.59. The maximum atomic E-state index is 5.81. The molecule has 4 nitrogen and oxygen atoms in total. The number of halogens is 1. The SMILES string of the molecule is CCOc1cc(C)n(-c2[c]ccc(Cl)n2)n1. The Hall–Kier alpha value is -1.55. The number of ether oxygens (including phenoxy) is 1. The maximum Gasteiger partial charge on any atom is 0.233 e. The van der Waals surface area contributed by atoms with Crippen LogP contribution in [0.25, 0.3) is 5.82 Å². The Kier molecular flexibility index (Phi) is 3.10. The molecule has 0 fully saturated rings. The molecule has 0 aliphatic rings. The summed E-state index contributed by atoms with van der Waals surface area (Å²) in [6, 6.07) is 8.21. The summed E-state index contributed by atoms with van der Waals surface area (Å²) in [5.74, 6) is 1.14. The van der Waals surface area contributed by atoms with E-state index in [-0.39, 0.29) is 0 Å². The summed E-state index contributed by atoms with van der Waals surface area (Å²) in [5.41, 5.74) is 0.925. The Morgan fingerprint density at radius 3 is 3.06 bits per heavy atom. The van der Waals surface area contributed by atoms with E-state index in [1.807, 2.05) is 19.9 Å². The van der Waals surface area contributed by atoms with Gasteiger partial charge in [0.2, 0.25) is 5.88 Å². The number of aryl methyl sites for hydroxylation is 1. The zero-order valence-corrected chi connectivity index (χ0v) is 9.82. The molecular weight excluding hydrogens is 226 g/mol. The van der Waals surface area contributed by atoms with Crippen LogP contribution in [0.1, 0.15) is 12.6 Å². The highest BCUT2D eigenvalue weighted by Crippen LogP contribution is 2.16. The predicted molar refractivity (Wildman–Crippen MR) is 61.1 cm³/mol. The lowest BCUT2D eigenvalue weighted by Gasteiger charge is -2.02. The summed E-state index contributed by atoms with van der Waals surface area (Å²) >= 11 is 5.81. The van der Waals surface area contributed by atoms with Gasteiger partial charge in [-0.2, -0.15) is 0 Å². The first-order valence-electron chi connectivity index (χ1n) is 4.94. The van der Waals surface area contributed by atoms with Gasteiger partial charge in [-0.05, 0) is 26.0 Å². The largest absolute Gasteiger partial charge is 0.477 e. The first kappa shape index (κ1) is 11.0.